The van der Waals surface area contributed by atoms with Gasteiger partial charge in [-0.25, -0.2) is 9.97 Å². The maximum atomic E-state index is 13.0. The second-order valence-electron chi connectivity index (χ2n) is 6.13. The molecule has 0 saturated carbocycles. The Labute approximate surface area is 152 Å². The quantitative estimate of drug-likeness (QED) is 0.706. The Morgan fingerprint density at radius 3 is 2.67 bits per heavy atom. The second-order valence-corrected chi connectivity index (χ2v) is 6.13. The molecule has 1 aromatic carbocycles. The first-order valence-electron chi connectivity index (χ1n) is 8.13. The number of carbonyl (C=O) groups excluding carboxylic acids is 1. The van der Waals surface area contributed by atoms with Crippen LogP contribution in [-0.2, 0) is 23.9 Å². The van der Waals surface area contributed by atoms with E-state index in [4.69, 9.17) is 0 Å². The molecule has 3 aromatic rings. The Kier molecular flexibility index (Phi) is 4.10. The van der Waals surface area contributed by atoms with Crippen molar-refractivity contribution in [1.82, 2.24) is 15.0 Å². The van der Waals surface area contributed by atoms with Crippen LogP contribution < -0.4 is 4.90 Å². The number of benzene rings is 1. The molecule has 0 atom stereocenters. The molecule has 0 unspecified atom stereocenters. The minimum Gasteiger partial charge on any atom is -0.304 e. The topological polar surface area (TPSA) is 59.0 Å². The smallest absolute Gasteiger partial charge is 0.304 e. The summed E-state index contributed by atoms with van der Waals surface area (Å²) in [6, 6.07) is 8.45. The fourth-order valence-corrected chi connectivity index (χ4v) is 3.00. The SMILES string of the molecule is O=C1Cc2ncc(-c3cccc(C(F)(F)F)c3)cc2N1Cc1ccncn1. The standard InChI is InChI=1S/C19H13F3N4O/c20-19(21,22)14-3-1-2-12(6-14)13-7-17-16(24-9-13)8-18(27)26(17)10-15-4-5-23-11-25-15/h1-7,9,11H,8,10H2. The third-order valence-corrected chi connectivity index (χ3v) is 4.34. The lowest BCUT2D eigenvalue weighted by Gasteiger charge is -2.17. The monoisotopic (exact) mass is 370 g/mol. The summed E-state index contributed by atoms with van der Waals surface area (Å²) in [5, 5.41) is 0. The van der Waals surface area contributed by atoms with E-state index in [1.54, 1.807) is 29.3 Å². The van der Waals surface area contributed by atoms with Crippen molar-refractivity contribution in [2.45, 2.75) is 19.1 Å². The van der Waals surface area contributed by atoms with Gasteiger partial charge in [0.1, 0.15) is 6.33 Å². The average Bonchev–Trinajstić information content (AvgIpc) is 2.97. The molecular formula is C19H13F3N4O. The lowest BCUT2D eigenvalue weighted by Crippen LogP contribution is -2.26. The number of alkyl halides is 3. The van der Waals surface area contributed by atoms with Gasteiger partial charge in [-0.15, -0.1) is 0 Å². The zero-order valence-corrected chi connectivity index (χ0v) is 13.9. The molecule has 1 aliphatic heterocycles. The minimum absolute atomic E-state index is 0.127. The summed E-state index contributed by atoms with van der Waals surface area (Å²) in [7, 11) is 0. The Bertz CT molecular complexity index is 1010. The lowest BCUT2D eigenvalue weighted by molar-refractivity contribution is -0.137. The summed E-state index contributed by atoms with van der Waals surface area (Å²) in [5.41, 5.74) is 2.03. The summed E-state index contributed by atoms with van der Waals surface area (Å²) in [4.78, 5) is 26.2. The molecule has 1 aliphatic rings. The van der Waals surface area contributed by atoms with Crippen molar-refractivity contribution in [3.05, 3.63) is 72.1 Å². The van der Waals surface area contributed by atoms with E-state index in [1.165, 1.54) is 18.6 Å². The van der Waals surface area contributed by atoms with Gasteiger partial charge in [-0.05, 0) is 29.8 Å². The highest BCUT2D eigenvalue weighted by Gasteiger charge is 2.31. The van der Waals surface area contributed by atoms with E-state index in [2.05, 4.69) is 15.0 Å². The summed E-state index contributed by atoms with van der Waals surface area (Å²) >= 11 is 0. The molecule has 1 amide bonds. The predicted molar refractivity (Wildman–Crippen MR) is 91.6 cm³/mol. The number of rotatable bonds is 3. The van der Waals surface area contributed by atoms with Gasteiger partial charge in [0.2, 0.25) is 5.91 Å². The van der Waals surface area contributed by atoms with E-state index in [0.717, 1.165) is 12.1 Å². The van der Waals surface area contributed by atoms with Crippen LogP contribution in [0.25, 0.3) is 11.1 Å². The van der Waals surface area contributed by atoms with E-state index in [0.29, 0.717) is 28.2 Å². The molecule has 0 saturated heterocycles. The van der Waals surface area contributed by atoms with Crippen LogP contribution >= 0.6 is 0 Å². The highest BCUT2D eigenvalue weighted by atomic mass is 19.4. The second kappa shape index (κ2) is 6.46. The van der Waals surface area contributed by atoms with Crippen LogP contribution in [0.1, 0.15) is 17.0 Å². The Morgan fingerprint density at radius 2 is 1.93 bits per heavy atom. The Hall–Kier alpha value is -3.29. The van der Waals surface area contributed by atoms with Gasteiger partial charge in [-0.3, -0.25) is 9.78 Å². The van der Waals surface area contributed by atoms with Crippen molar-refractivity contribution in [2.75, 3.05) is 4.90 Å². The minimum atomic E-state index is -4.42. The van der Waals surface area contributed by atoms with Crippen LogP contribution in [0.4, 0.5) is 18.9 Å². The first kappa shape index (κ1) is 17.1. The summed E-state index contributed by atoms with van der Waals surface area (Å²) in [6.07, 6.45) is 0.212. The van der Waals surface area contributed by atoms with E-state index in [-0.39, 0.29) is 18.9 Å². The van der Waals surface area contributed by atoms with Gasteiger partial charge in [-0.1, -0.05) is 12.1 Å². The van der Waals surface area contributed by atoms with Gasteiger partial charge < -0.3 is 4.90 Å². The molecule has 3 heterocycles. The van der Waals surface area contributed by atoms with Crippen molar-refractivity contribution in [3.8, 4) is 11.1 Å². The summed E-state index contributed by atoms with van der Waals surface area (Å²) < 4.78 is 38.9. The fourth-order valence-electron chi connectivity index (χ4n) is 3.00. The molecule has 0 radical (unpaired) electrons. The number of aromatic nitrogens is 3. The molecule has 0 N–H and O–H groups in total. The van der Waals surface area contributed by atoms with Crippen LogP contribution in [0.3, 0.4) is 0 Å². The molecule has 8 heteroatoms. The number of amides is 1. The van der Waals surface area contributed by atoms with Gasteiger partial charge in [0, 0.05) is 18.0 Å². The number of halogens is 3. The normalized spacial score (nSPS) is 13.7. The van der Waals surface area contributed by atoms with Crippen molar-refractivity contribution < 1.29 is 18.0 Å². The van der Waals surface area contributed by atoms with Crippen molar-refractivity contribution in [2.24, 2.45) is 0 Å². The highest BCUT2D eigenvalue weighted by molar-refractivity contribution is 6.01. The molecule has 5 nitrogen and oxygen atoms in total. The molecular weight excluding hydrogens is 357 g/mol. The number of anilines is 1. The zero-order chi connectivity index (χ0) is 19.0. The number of carbonyl (C=O) groups is 1. The van der Waals surface area contributed by atoms with E-state index >= 15 is 0 Å². The van der Waals surface area contributed by atoms with Gasteiger partial charge >= 0.3 is 6.18 Å². The van der Waals surface area contributed by atoms with Crippen LogP contribution in [0.15, 0.2) is 55.1 Å². The zero-order valence-electron chi connectivity index (χ0n) is 13.9. The van der Waals surface area contributed by atoms with E-state index in [1.807, 2.05) is 0 Å². The molecule has 0 spiro atoms. The fraction of sp³-hybridized carbons (Fsp3) is 0.158. The molecule has 0 bridgehead atoms. The van der Waals surface area contributed by atoms with Crippen LogP contribution in [0, 0.1) is 0 Å². The van der Waals surface area contributed by atoms with Crippen LogP contribution in [0.5, 0.6) is 0 Å². The maximum absolute atomic E-state index is 13.0. The first-order chi connectivity index (χ1) is 12.9. The molecule has 27 heavy (non-hydrogen) atoms. The van der Waals surface area contributed by atoms with E-state index in [9.17, 15) is 18.0 Å². The molecule has 4 rings (SSSR count). The van der Waals surface area contributed by atoms with Crippen LogP contribution in [0.2, 0.25) is 0 Å². The number of fused-ring (bicyclic) bond motifs is 1. The van der Waals surface area contributed by atoms with E-state index < -0.39 is 11.7 Å². The average molecular weight is 370 g/mol. The molecule has 0 aliphatic carbocycles. The summed E-state index contributed by atoms with van der Waals surface area (Å²) in [6.45, 7) is 0.252. The third kappa shape index (κ3) is 3.38. The largest absolute Gasteiger partial charge is 0.416 e. The highest BCUT2D eigenvalue weighted by Crippen LogP contribution is 2.35. The van der Waals surface area contributed by atoms with Crippen molar-refractivity contribution >= 4 is 11.6 Å². The first-order valence-corrected chi connectivity index (χ1v) is 8.13. The van der Waals surface area contributed by atoms with Crippen LogP contribution in [-0.4, -0.2) is 20.9 Å². The molecule has 136 valence electrons. The van der Waals surface area contributed by atoms with Gasteiger partial charge in [0.25, 0.3) is 0 Å². The number of nitrogens with zero attached hydrogens (tertiary/aromatic N) is 4. The van der Waals surface area contributed by atoms with Gasteiger partial charge in [0.15, 0.2) is 0 Å². The van der Waals surface area contributed by atoms with Crippen molar-refractivity contribution in [1.29, 1.82) is 0 Å². The summed E-state index contributed by atoms with van der Waals surface area (Å²) in [5.74, 6) is -0.127. The van der Waals surface area contributed by atoms with Crippen molar-refractivity contribution in [3.63, 3.8) is 0 Å². The molecule has 0 fully saturated rings. The van der Waals surface area contributed by atoms with Gasteiger partial charge in [-0.2, -0.15) is 13.2 Å². The predicted octanol–water partition coefficient (Wildman–Crippen LogP) is 3.65. The van der Waals surface area contributed by atoms with Gasteiger partial charge in [0.05, 0.1) is 35.6 Å². The number of pyridine rings is 1. The lowest BCUT2D eigenvalue weighted by atomic mass is 10.0. The molecule has 2 aromatic heterocycles. The third-order valence-electron chi connectivity index (χ3n) is 4.34. The maximum Gasteiger partial charge on any atom is 0.416 e. The Balaban J connectivity index is 1.70. The number of hydrogen-bond acceptors (Lipinski definition) is 4. The Morgan fingerprint density at radius 1 is 1.07 bits per heavy atom. The number of hydrogen-bond donors (Lipinski definition) is 0.